The van der Waals surface area contributed by atoms with Crippen LogP contribution in [0.15, 0.2) is 47.2 Å². The summed E-state index contributed by atoms with van der Waals surface area (Å²) >= 11 is 0. The maximum Gasteiger partial charge on any atom is 0.227 e. The average molecular weight is 175 g/mol. The van der Waals surface area contributed by atoms with Gasteiger partial charge in [-0.15, -0.1) is 0 Å². The van der Waals surface area contributed by atoms with Crippen LogP contribution in [0, 0.1) is 0 Å². The smallest absolute Gasteiger partial charge is 0.227 e. The van der Waals surface area contributed by atoms with Gasteiger partial charge in [0.15, 0.2) is 6.10 Å². The van der Waals surface area contributed by atoms with Crippen molar-refractivity contribution in [2.45, 2.75) is 6.10 Å². The fourth-order valence-electron chi connectivity index (χ4n) is 1.15. The van der Waals surface area contributed by atoms with Crippen molar-refractivity contribution in [2.75, 3.05) is 0 Å². The summed E-state index contributed by atoms with van der Waals surface area (Å²) in [6.45, 7) is 0. The number of aliphatic hydroxyl groups is 1. The van der Waals surface area contributed by atoms with Crippen LogP contribution in [-0.2, 0) is 0 Å². The molecule has 1 heterocycles. The molecule has 0 bridgehead atoms. The highest BCUT2D eigenvalue weighted by molar-refractivity contribution is 5.21. The Morgan fingerprint density at radius 3 is 2.62 bits per heavy atom. The molecule has 0 radical (unpaired) electrons. The molecule has 66 valence electrons. The van der Waals surface area contributed by atoms with E-state index >= 15 is 0 Å². The third kappa shape index (κ3) is 1.60. The van der Waals surface area contributed by atoms with Crippen LogP contribution in [0.4, 0.5) is 0 Å². The summed E-state index contributed by atoms with van der Waals surface area (Å²) in [6.07, 6.45) is 2.19. The maximum atomic E-state index is 9.72. The zero-order valence-corrected chi connectivity index (χ0v) is 6.92. The number of oxazole rings is 1. The third-order valence-electron chi connectivity index (χ3n) is 1.80. The number of aromatic nitrogens is 1. The molecule has 0 aliphatic carbocycles. The molecule has 0 fully saturated rings. The maximum absolute atomic E-state index is 9.72. The van der Waals surface area contributed by atoms with Crippen molar-refractivity contribution >= 4 is 0 Å². The minimum Gasteiger partial charge on any atom is -0.446 e. The van der Waals surface area contributed by atoms with Crippen LogP contribution in [0.1, 0.15) is 17.6 Å². The van der Waals surface area contributed by atoms with E-state index in [1.165, 1.54) is 12.5 Å². The molecule has 1 aromatic heterocycles. The molecule has 13 heavy (non-hydrogen) atoms. The summed E-state index contributed by atoms with van der Waals surface area (Å²) in [6, 6.07) is 9.28. The predicted molar refractivity (Wildman–Crippen MR) is 47.0 cm³/mol. The highest BCUT2D eigenvalue weighted by Gasteiger charge is 2.13. The van der Waals surface area contributed by atoms with Gasteiger partial charge in [-0.1, -0.05) is 30.3 Å². The molecule has 2 aromatic rings. The lowest BCUT2D eigenvalue weighted by molar-refractivity contribution is 0.182. The lowest BCUT2D eigenvalue weighted by Crippen LogP contribution is -1.98. The molecule has 0 saturated heterocycles. The Balaban J connectivity index is 2.29. The monoisotopic (exact) mass is 175 g/mol. The van der Waals surface area contributed by atoms with Gasteiger partial charge in [-0.2, -0.15) is 0 Å². The van der Waals surface area contributed by atoms with Crippen molar-refractivity contribution in [1.82, 2.24) is 4.98 Å². The molecule has 1 aromatic carbocycles. The van der Waals surface area contributed by atoms with E-state index in [1.54, 1.807) is 0 Å². The van der Waals surface area contributed by atoms with Crippen molar-refractivity contribution in [3.8, 4) is 0 Å². The fourth-order valence-corrected chi connectivity index (χ4v) is 1.15. The zero-order valence-electron chi connectivity index (χ0n) is 6.92. The molecule has 0 saturated carbocycles. The fraction of sp³-hybridized carbons (Fsp3) is 0.100. The number of aliphatic hydroxyl groups excluding tert-OH is 1. The normalized spacial score (nSPS) is 12.7. The molecule has 0 aliphatic heterocycles. The summed E-state index contributed by atoms with van der Waals surface area (Å²) in [4.78, 5) is 3.88. The van der Waals surface area contributed by atoms with Gasteiger partial charge in [0.1, 0.15) is 6.26 Å². The first kappa shape index (κ1) is 8.01. The Hall–Kier alpha value is -1.61. The second-order valence-electron chi connectivity index (χ2n) is 2.68. The van der Waals surface area contributed by atoms with Gasteiger partial charge in [0, 0.05) is 0 Å². The second kappa shape index (κ2) is 3.41. The van der Waals surface area contributed by atoms with Crippen LogP contribution in [0.2, 0.25) is 0 Å². The van der Waals surface area contributed by atoms with Gasteiger partial charge in [-0.05, 0) is 5.56 Å². The summed E-state index contributed by atoms with van der Waals surface area (Å²) in [5, 5.41) is 9.72. The molecule has 0 unspecified atom stereocenters. The van der Waals surface area contributed by atoms with Crippen LogP contribution in [0.25, 0.3) is 0 Å². The highest BCUT2D eigenvalue weighted by atomic mass is 16.4. The number of nitrogens with zero attached hydrogens (tertiary/aromatic N) is 1. The molecule has 0 spiro atoms. The van der Waals surface area contributed by atoms with E-state index in [-0.39, 0.29) is 0 Å². The van der Waals surface area contributed by atoms with Gasteiger partial charge >= 0.3 is 0 Å². The van der Waals surface area contributed by atoms with E-state index in [2.05, 4.69) is 4.98 Å². The molecule has 3 nitrogen and oxygen atoms in total. The summed E-state index contributed by atoms with van der Waals surface area (Å²) < 4.78 is 4.99. The van der Waals surface area contributed by atoms with Crippen LogP contribution in [-0.4, -0.2) is 10.1 Å². The molecule has 1 N–H and O–H groups in total. The zero-order chi connectivity index (χ0) is 9.10. The van der Waals surface area contributed by atoms with E-state index in [9.17, 15) is 5.11 Å². The Morgan fingerprint density at radius 1 is 1.23 bits per heavy atom. The van der Waals surface area contributed by atoms with E-state index in [0.717, 1.165) is 5.56 Å². The number of hydrogen-bond donors (Lipinski definition) is 1. The van der Waals surface area contributed by atoms with Gasteiger partial charge in [-0.3, -0.25) is 0 Å². The molecular weight excluding hydrogens is 166 g/mol. The molecule has 3 heteroatoms. The van der Waals surface area contributed by atoms with Crippen LogP contribution in [0.3, 0.4) is 0 Å². The molecule has 0 amide bonds. The quantitative estimate of drug-likeness (QED) is 0.756. The number of rotatable bonds is 2. The minimum atomic E-state index is -0.767. The minimum absolute atomic E-state index is 0.325. The van der Waals surface area contributed by atoms with E-state index in [1.807, 2.05) is 30.3 Å². The van der Waals surface area contributed by atoms with Gasteiger partial charge in [0.25, 0.3) is 0 Å². The average Bonchev–Trinajstić information content (AvgIpc) is 2.71. The van der Waals surface area contributed by atoms with Crippen molar-refractivity contribution in [3.05, 3.63) is 54.2 Å². The Bertz CT molecular complexity index is 356. The SMILES string of the molecule is O[C@H](c1ccccc1)c1ncco1. The Morgan fingerprint density at radius 2 is 2.00 bits per heavy atom. The summed E-state index contributed by atoms with van der Waals surface area (Å²) in [7, 11) is 0. The molecule has 1 atom stereocenters. The third-order valence-corrected chi connectivity index (χ3v) is 1.80. The molecule has 2 rings (SSSR count). The Labute approximate surface area is 75.7 Å². The second-order valence-corrected chi connectivity index (χ2v) is 2.68. The number of hydrogen-bond acceptors (Lipinski definition) is 3. The van der Waals surface area contributed by atoms with Gasteiger partial charge in [-0.25, -0.2) is 4.98 Å². The van der Waals surface area contributed by atoms with Crippen molar-refractivity contribution in [3.63, 3.8) is 0 Å². The standard InChI is InChI=1S/C10H9NO2/c12-9(10-11-6-7-13-10)8-4-2-1-3-5-8/h1-7,9,12H/t9-/m1/s1. The van der Waals surface area contributed by atoms with E-state index in [4.69, 9.17) is 4.42 Å². The summed E-state index contributed by atoms with van der Waals surface area (Å²) in [5.74, 6) is 0.325. The molecular formula is C10H9NO2. The van der Waals surface area contributed by atoms with Gasteiger partial charge in [0.05, 0.1) is 6.20 Å². The van der Waals surface area contributed by atoms with Crippen molar-refractivity contribution in [1.29, 1.82) is 0 Å². The number of benzene rings is 1. The topological polar surface area (TPSA) is 46.3 Å². The summed E-state index contributed by atoms with van der Waals surface area (Å²) in [5.41, 5.74) is 0.782. The van der Waals surface area contributed by atoms with Gasteiger partial charge < -0.3 is 9.52 Å². The Kier molecular flexibility index (Phi) is 2.10. The lowest BCUT2D eigenvalue weighted by Gasteiger charge is -2.05. The van der Waals surface area contributed by atoms with Gasteiger partial charge in [0.2, 0.25) is 5.89 Å². The highest BCUT2D eigenvalue weighted by Crippen LogP contribution is 2.19. The first-order valence-corrected chi connectivity index (χ1v) is 4.00. The first-order valence-electron chi connectivity index (χ1n) is 4.00. The van der Waals surface area contributed by atoms with E-state index in [0.29, 0.717) is 5.89 Å². The lowest BCUT2D eigenvalue weighted by atomic mass is 10.1. The predicted octanol–water partition coefficient (Wildman–Crippen LogP) is 1.76. The molecule has 0 aliphatic rings. The van der Waals surface area contributed by atoms with E-state index < -0.39 is 6.10 Å². The van der Waals surface area contributed by atoms with Crippen molar-refractivity contribution < 1.29 is 9.52 Å². The van der Waals surface area contributed by atoms with Crippen LogP contribution in [0.5, 0.6) is 0 Å². The van der Waals surface area contributed by atoms with Crippen LogP contribution >= 0.6 is 0 Å². The van der Waals surface area contributed by atoms with Crippen molar-refractivity contribution in [2.24, 2.45) is 0 Å². The largest absolute Gasteiger partial charge is 0.446 e. The van der Waals surface area contributed by atoms with Crippen LogP contribution < -0.4 is 0 Å². The first-order chi connectivity index (χ1) is 6.38.